The van der Waals surface area contributed by atoms with Crippen molar-refractivity contribution in [2.45, 2.75) is 24.8 Å². The summed E-state index contributed by atoms with van der Waals surface area (Å²) in [4.78, 5) is 28.4. The summed E-state index contributed by atoms with van der Waals surface area (Å²) in [6.07, 6.45) is 0.950. The highest BCUT2D eigenvalue weighted by atomic mass is 19.1. The molecular weight excluding hydrogens is 443 g/mol. The molecule has 35 heavy (non-hydrogen) atoms. The number of rotatable bonds is 5. The molecule has 3 aromatic carbocycles. The molecule has 1 amide bonds. The maximum atomic E-state index is 14.5. The van der Waals surface area contributed by atoms with Crippen molar-refractivity contribution in [3.05, 3.63) is 108 Å². The molecular formula is C29H27FN2O3. The fourth-order valence-electron chi connectivity index (χ4n) is 5.17. The van der Waals surface area contributed by atoms with E-state index in [-0.39, 0.29) is 24.2 Å². The molecule has 1 aliphatic rings. The van der Waals surface area contributed by atoms with Crippen LogP contribution in [0.4, 0.5) is 4.39 Å². The van der Waals surface area contributed by atoms with Gasteiger partial charge < -0.3 is 14.2 Å². The topological polar surface area (TPSA) is 51.5 Å². The molecule has 4 aromatic rings. The maximum Gasteiger partial charge on any atom is 0.316 e. The van der Waals surface area contributed by atoms with Crippen molar-refractivity contribution in [2.75, 3.05) is 20.2 Å². The highest BCUT2D eigenvalue weighted by molar-refractivity contribution is 5.99. The quantitative estimate of drug-likeness (QED) is 0.378. The summed E-state index contributed by atoms with van der Waals surface area (Å²) in [6, 6.07) is 25.9. The number of likely N-dealkylation sites (tertiary alicyclic amines) is 1. The van der Waals surface area contributed by atoms with Crippen LogP contribution in [-0.2, 0) is 21.5 Å². The lowest BCUT2D eigenvalue weighted by Crippen LogP contribution is -2.49. The van der Waals surface area contributed by atoms with E-state index in [4.69, 9.17) is 4.74 Å². The van der Waals surface area contributed by atoms with Gasteiger partial charge in [0.2, 0.25) is 0 Å². The molecule has 0 aliphatic carbocycles. The van der Waals surface area contributed by atoms with E-state index in [1.54, 1.807) is 23.1 Å². The lowest BCUT2D eigenvalue weighted by Gasteiger charge is -2.40. The van der Waals surface area contributed by atoms with Crippen molar-refractivity contribution >= 4 is 22.8 Å². The molecule has 0 radical (unpaired) electrons. The van der Waals surface area contributed by atoms with Crippen molar-refractivity contribution in [3.63, 3.8) is 0 Å². The van der Waals surface area contributed by atoms with Crippen LogP contribution in [0.25, 0.3) is 10.9 Å². The van der Waals surface area contributed by atoms with Gasteiger partial charge in [-0.2, -0.15) is 0 Å². The number of nitrogens with zero attached hydrogens (tertiary/aromatic N) is 2. The zero-order valence-electron chi connectivity index (χ0n) is 19.6. The van der Waals surface area contributed by atoms with Crippen molar-refractivity contribution in [2.24, 2.45) is 0 Å². The Morgan fingerprint density at radius 3 is 2.29 bits per heavy atom. The molecule has 1 aliphatic heterocycles. The van der Waals surface area contributed by atoms with Gasteiger partial charge in [0.05, 0.1) is 19.1 Å². The van der Waals surface area contributed by atoms with Gasteiger partial charge in [-0.3, -0.25) is 9.59 Å². The molecule has 0 unspecified atom stereocenters. The molecule has 0 N–H and O–H groups in total. The summed E-state index contributed by atoms with van der Waals surface area (Å²) >= 11 is 0. The number of esters is 1. The summed E-state index contributed by atoms with van der Waals surface area (Å²) in [7, 11) is 1.41. The van der Waals surface area contributed by atoms with Crippen LogP contribution in [0.1, 0.15) is 34.5 Å². The number of fused-ring (bicyclic) bond motifs is 1. The minimum Gasteiger partial charge on any atom is -0.468 e. The van der Waals surface area contributed by atoms with Gasteiger partial charge in [0.25, 0.3) is 5.91 Å². The van der Waals surface area contributed by atoms with E-state index in [9.17, 15) is 14.0 Å². The van der Waals surface area contributed by atoms with E-state index in [2.05, 4.69) is 0 Å². The van der Waals surface area contributed by atoms with E-state index in [0.29, 0.717) is 37.2 Å². The normalized spacial score (nSPS) is 15.2. The number of halogens is 1. The highest BCUT2D eigenvalue weighted by Crippen LogP contribution is 2.37. The number of ether oxygens (including phenoxy) is 1. The van der Waals surface area contributed by atoms with Gasteiger partial charge >= 0.3 is 5.97 Å². The average Bonchev–Trinajstić information content (AvgIpc) is 3.28. The van der Waals surface area contributed by atoms with E-state index in [1.165, 1.54) is 13.2 Å². The zero-order chi connectivity index (χ0) is 24.4. The second kappa shape index (κ2) is 9.37. The predicted octanol–water partition coefficient (Wildman–Crippen LogP) is 5.18. The van der Waals surface area contributed by atoms with Gasteiger partial charge in [0, 0.05) is 29.6 Å². The third-order valence-corrected chi connectivity index (χ3v) is 7.12. The molecule has 0 spiro atoms. The Kier molecular flexibility index (Phi) is 6.12. The fourth-order valence-corrected chi connectivity index (χ4v) is 5.17. The summed E-state index contributed by atoms with van der Waals surface area (Å²) in [5.41, 5.74) is 2.05. The third-order valence-electron chi connectivity index (χ3n) is 7.12. The standard InChI is InChI=1S/C29H27FN2O3/c1-35-28(34)29(23-11-3-2-4-12-23)15-17-31(18-16-29)27(33)26-19-21-9-6-8-14-25(21)32(26)20-22-10-5-7-13-24(22)30/h2-14,19H,15-18,20H2,1H3. The molecule has 2 heterocycles. The van der Waals surface area contributed by atoms with Crippen LogP contribution in [-0.4, -0.2) is 41.5 Å². The number of methoxy groups -OCH3 is 1. The molecule has 6 heteroatoms. The molecule has 1 fully saturated rings. The average molecular weight is 471 g/mol. The number of benzene rings is 3. The summed E-state index contributed by atoms with van der Waals surface area (Å²) in [5.74, 6) is -0.694. The molecule has 0 atom stereocenters. The Morgan fingerprint density at radius 1 is 0.914 bits per heavy atom. The number of piperidine rings is 1. The molecule has 178 valence electrons. The van der Waals surface area contributed by atoms with Gasteiger partial charge in [-0.15, -0.1) is 0 Å². The molecule has 1 saturated heterocycles. The monoisotopic (exact) mass is 470 g/mol. The predicted molar refractivity (Wildman–Crippen MR) is 133 cm³/mol. The van der Waals surface area contributed by atoms with E-state index in [1.807, 2.05) is 65.2 Å². The second-order valence-corrected chi connectivity index (χ2v) is 9.00. The Morgan fingerprint density at radius 2 is 1.57 bits per heavy atom. The van der Waals surface area contributed by atoms with Crippen molar-refractivity contribution in [3.8, 4) is 0 Å². The van der Waals surface area contributed by atoms with E-state index >= 15 is 0 Å². The Hall–Kier alpha value is -3.93. The van der Waals surface area contributed by atoms with Crippen LogP contribution in [0, 0.1) is 5.82 Å². The fraction of sp³-hybridized carbons (Fsp3) is 0.241. The lowest BCUT2D eigenvalue weighted by atomic mass is 9.72. The first-order valence-electron chi connectivity index (χ1n) is 11.8. The van der Waals surface area contributed by atoms with Crippen molar-refractivity contribution < 1.29 is 18.7 Å². The summed E-state index contributed by atoms with van der Waals surface area (Å²) < 4.78 is 21.5. The summed E-state index contributed by atoms with van der Waals surface area (Å²) in [6.45, 7) is 1.10. The molecule has 5 nitrogen and oxygen atoms in total. The van der Waals surface area contributed by atoms with Gasteiger partial charge in [-0.25, -0.2) is 4.39 Å². The van der Waals surface area contributed by atoms with Gasteiger partial charge in [0.1, 0.15) is 11.5 Å². The maximum absolute atomic E-state index is 14.5. The first kappa shape index (κ1) is 22.8. The van der Waals surface area contributed by atoms with Crippen molar-refractivity contribution in [1.29, 1.82) is 0 Å². The zero-order valence-corrected chi connectivity index (χ0v) is 19.6. The first-order chi connectivity index (χ1) is 17.0. The number of amides is 1. The minimum absolute atomic E-state index is 0.121. The Labute approximate surface area is 203 Å². The van der Waals surface area contributed by atoms with Gasteiger partial charge in [-0.05, 0) is 36.6 Å². The SMILES string of the molecule is COC(=O)C1(c2ccccc2)CCN(C(=O)c2cc3ccccc3n2Cc2ccccc2F)CC1. The lowest BCUT2D eigenvalue weighted by molar-refractivity contribution is -0.149. The van der Waals surface area contributed by atoms with E-state index in [0.717, 1.165) is 16.5 Å². The molecule has 1 aromatic heterocycles. The molecule has 0 saturated carbocycles. The number of para-hydroxylation sites is 1. The van der Waals surface area contributed by atoms with Crippen molar-refractivity contribution in [1.82, 2.24) is 9.47 Å². The van der Waals surface area contributed by atoms with E-state index < -0.39 is 5.41 Å². The van der Waals surface area contributed by atoms with Crippen LogP contribution < -0.4 is 0 Å². The third kappa shape index (κ3) is 4.09. The molecule has 0 bridgehead atoms. The Balaban J connectivity index is 1.46. The first-order valence-corrected chi connectivity index (χ1v) is 11.8. The second-order valence-electron chi connectivity index (χ2n) is 9.00. The Bertz CT molecular complexity index is 1370. The van der Waals surface area contributed by atoms with Crippen LogP contribution in [0.15, 0.2) is 84.9 Å². The largest absolute Gasteiger partial charge is 0.468 e. The van der Waals surface area contributed by atoms with Gasteiger partial charge in [0.15, 0.2) is 0 Å². The number of carbonyl (C=O) groups excluding carboxylic acids is 2. The van der Waals surface area contributed by atoms with Crippen LogP contribution in [0.5, 0.6) is 0 Å². The number of aromatic nitrogens is 1. The minimum atomic E-state index is -0.771. The smallest absolute Gasteiger partial charge is 0.316 e. The number of hydrogen-bond donors (Lipinski definition) is 0. The van der Waals surface area contributed by atoms with Crippen LogP contribution in [0.3, 0.4) is 0 Å². The van der Waals surface area contributed by atoms with Crippen LogP contribution >= 0.6 is 0 Å². The van der Waals surface area contributed by atoms with Gasteiger partial charge in [-0.1, -0.05) is 66.7 Å². The number of hydrogen-bond acceptors (Lipinski definition) is 3. The number of carbonyl (C=O) groups is 2. The van der Waals surface area contributed by atoms with Crippen LogP contribution in [0.2, 0.25) is 0 Å². The highest BCUT2D eigenvalue weighted by Gasteiger charge is 2.45. The summed E-state index contributed by atoms with van der Waals surface area (Å²) in [5, 5.41) is 0.928. The molecule has 5 rings (SSSR count).